The minimum Gasteiger partial charge on any atom is -0.257 e. The summed E-state index contributed by atoms with van der Waals surface area (Å²) in [6.45, 7) is 8.37. The molecule has 0 bridgehead atoms. The maximum Gasteiger partial charge on any atom is 0.288 e. The standard InChI is InChI=1S/C10H12N4/c1-3-7-14(8-4-2)10(5-6-11)13-9-12/h3-4H,1-2,5,7-8H2/p+1. The minimum absolute atomic E-state index is 0.176. The van der Waals surface area contributed by atoms with E-state index in [9.17, 15) is 0 Å². The molecule has 72 valence electrons. The van der Waals surface area contributed by atoms with Crippen LogP contribution in [0.25, 0.3) is 0 Å². The number of rotatable bonds is 5. The topological polar surface area (TPSA) is 62.6 Å². The fourth-order valence-electron chi connectivity index (χ4n) is 0.981. The van der Waals surface area contributed by atoms with Crippen molar-refractivity contribution in [2.75, 3.05) is 13.1 Å². The van der Waals surface area contributed by atoms with Crippen molar-refractivity contribution in [1.29, 1.82) is 10.5 Å². The first-order chi connectivity index (χ1) is 6.79. The fraction of sp³-hybridized carbons (Fsp3) is 0.300. The van der Waals surface area contributed by atoms with Crippen molar-refractivity contribution in [3.63, 3.8) is 0 Å². The molecule has 1 N–H and O–H groups in total. The fourth-order valence-corrected chi connectivity index (χ4v) is 0.981. The zero-order chi connectivity index (χ0) is 10.8. The number of nitrogens with one attached hydrogen (secondary N) is 1. The van der Waals surface area contributed by atoms with E-state index < -0.39 is 0 Å². The molecule has 0 saturated heterocycles. The van der Waals surface area contributed by atoms with Crippen LogP contribution in [0.4, 0.5) is 0 Å². The van der Waals surface area contributed by atoms with Crippen LogP contribution in [-0.2, 0) is 0 Å². The molecule has 14 heavy (non-hydrogen) atoms. The Hall–Kier alpha value is -2.07. The van der Waals surface area contributed by atoms with Crippen molar-refractivity contribution in [3.05, 3.63) is 25.3 Å². The molecule has 0 rings (SSSR count). The molecule has 0 aliphatic heterocycles. The van der Waals surface area contributed by atoms with Crippen LogP contribution >= 0.6 is 0 Å². The Morgan fingerprint density at radius 2 is 1.86 bits per heavy atom. The Kier molecular flexibility index (Phi) is 6.45. The lowest BCUT2D eigenvalue weighted by Crippen LogP contribution is -2.31. The van der Waals surface area contributed by atoms with Crippen LogP contribution in [0, 0.1) is 22.8 Å². The van der Waals surface area contributed by atoms with Crippen LogP contribution in [0.15, 0.2) is 25.3 Å². The first-order valence-corrected chi connectivity index (χ1v) is 4.14. The maximum absolute atomic E-state index is 8.55. The molecular weight excluding hydrogens is 176 g/mol. The molecule has 0 unspecified atom stereocenters. The molecule has 4 heteroatoms. The molecule has 0 aromatic carbocycles. The van der Waals surface area contributed by atoms with E-state index in [0.717, 1.165) is 0 Å². The monoisotopic (exact) mass is 189 g/mol. The highest BCUT2D eigenvalue weighted by Gasteiger charge is 2.10. The summed E-state index contributed by atoms with van der Waals surface area (Å²) in [4.78, 5) is 0. The normalized spacial score (nSPS) is 7.86. The number of nitrogens with zero attached hydrogens (tertiary/aromatic N) is 3. The molecule has 0 saturated carbocycles. The van der Waals surface area contributed by atoms with Gasteiger partial charge in [-0.3, -0.25) is 4.58 Å². The largest absolute Gasteiger partial charge is 0.288 e. The van der Waals surface area contributed by atoms with E-state index in [0.29, 0.717) is 18.9 Å². The molecule has 4 nitrogen and oxygen atoms in total. The summed E-state index contributed by atoms with van der Waals surface area (Å²) < 4.78 is 1.83. The zero-order valence-electron chi connectivity index (χ0n) is 8.03. The molecule has 0 spiro atoms. The van der Waals surface area contributed by atoms with E-state index in [4.69, 9.17) is 10.5 Å². The molecule has 0 aliphatic carbocycles. The van der Waals surface area contributed by atoms with E-state index in [2.05, 4.69) is 18.5 Å². The van der Waals surface area contributed by atoms with Gasteiger partial charge in [-0.2, -0.15) is 10.6 Å². The zero-order valence-corrected chi connectivity index (χ0v) is 8.03. The average molecular weight is 189 g/mol. The summed E-state index contributed by atoms with van der Waals surface area (Å²) in [7, 11) is 0. The van der Waals surface area contributed by atoms with Crippen molar-refractivity contribution in [2.24, 2.45) is 0 Å². The lowest BCUT2D eigenvalue weighted by atomic mass is 10.4. The number of nitriles is 2. The summed E-state index contributed by atoms with van der Waals surface area (Å²) in [6.07, 6.45) is 5.39. The van der Waals surface area contributed by atoms with Crippen LogP contribution in [0.5, 0.6) is 0 Å². The second kappa shape index (κ2) is 7.57. The van der Waals surface area contributed by atoms with Gasteiger partial charge in [0.15, 0.2) is 0 Å². The Bertz CT molecular complexity index is 284. The highest BCUT2D eigenvalue weighted by atomic mass is 15.1. The third-order valence-electron chi connectivity index (χ3n) is 1.53. The van der Waals surface area contributed by atoms with Gasteiger partial charge >= 0.3 is 0 Å². The molecule has 0 aromatic rings. The Morgan fingerprint density at radius 3 is 2.21 bits per heavy atom. The molecule has 0 radical (unpaired) electrons. The smallest absolute Gasteiger partial charge is 0.257 e. The Morgan fingerprint density at radius 1 is 1.29 bits per heavy atom. The summed E-state index contributed by atoms with van der Waals surface area (Å²) in [6, 6.07) is 1.99. The van der Waals surface area contributed by atoms with Gasteiger partial charge in [0.2, 0.25) is 0 Å². The maximum atomic E-state index is 8.55. The molecule has 0 amide bonds. The average Bonchev–Trinajstić information content (AvgIpc) is 2.17. The van der Waals surface area contributed by atoms with Gasteiger partial charge in [0.1, 0.15) is 19.5 Å². The van der Waals surface area contributed by atoms with Crippen molar-refractivity contribution < 1.29 is 4.58 Å². The first kappa shape index (κ1) is 11.9. The van der Waals surface area contributed by atoms with Gasteiger partial charge < -0.3 is 0 Å². The lowest BCUT2D eigenvalue weighted by molar-refractivity contribution is -0.510. The number of amidine groups is 1. The molecule has 0 aliphatic rings. The highest BCUT2D eigenvalue weighted by molar-refractivity contribution is 5.80. The van der Waals surface area contributed by atoms with Gasteiger partial charge in [-0.1, -0.05) is 25.3 Å². The predicted octanol–water partition coefficient (Wildman–Crippen LogP) is 0.754. The van der Waals surface area contributed by atoms with Gasteiger partial charge in [-0.05, 0) is 0 Å². The van der Waals surface area contributed by atoms with Crippen LogP contribution in [0.1, 0.15) is 6.42 Å². The number of hydrogen-bond acceptors (Lipinski definition) is 2. The van der Waals surface area contributed by atoms with Crippen LogP contribution in [0.3, 0.4) is 0 Å². The van der Waals surface area contributed by atoms with E-state index in [-0.39, 0.29) is 6.42 Å². The van der Waals surface area contributed by atoms with Gasteiger partial charge in [-0.25, -0.2) is 0 Å². The van der Waals surface area contributed by atoms with Gasteiger partial charge in [-0.15, -0.1) is 5.26 Å². The quantitative estimate of drug-likeness (QED) is 0.173. The predicted molar refractivity (Wildman–Crippen MR) is 54.4 cm³/mol. The van der Waals surface area contributed by atoms with Gasteiger partial charge in [0, 0.05) is 0 Å². The van der Waals surface area contributed by atoms with Crippen LogP contribution in [0.2, 0.25) is 0 Å². The molecule has 0 aromatic heterocycles. The summed E-state index contributed by atoms with van der Waals surface area (Å²) >= 11 is 0. The molecule has 0 heterocycles. The number of hydrogen-bond donors (Lipinski definition) is 1. The molecule has 0 fully saturated rings. The van der Waals surface area contributed by atoms with E-state index in [1.165, 1.54) is 0 Å². The molecule has 0 atom stereocenters. The third kappa shape index (κ3) is 4.08. The van der Waals surface area contributed by atoms with Gasteiger partial charge in [0.05, 0.1) is 6.07 Å². The summed E-state index contributed by atoms with van der Waals surface area (Å²) in [5.74, 6) is 0.579. The van der Waals surface area contributed by atoms with Crippen LogP contribution in [-0.4, -0.2) is 23.5 Å². The van der Waals surface area contributed by atoms with E-state index in [1.54, 1.807) is 18.3 Å². The van der Waals surface area contributed by atoms with Crippen LogP contribution < -0.4 is 5.32 Å². The van der Waals surface area contributed by atoms with Crippen molar-refractivity contribution in [3.8, 4) is 12.3 Å². The second-order valence-electron chi connectivity index (χ2n) is 2.50. The Labute approximate surface area is 84.1 Å². The van der Waals surface area contributed by atoms with Crippen molar-refractivity contribution >= 4 is 5.84 Å². The lowest BCUT2D eigenvalue weighted by Gasteiger charge is -2.04. The van der Waals surface area contributed by atoms with E-state index >= 15 is 0 Å². The van der Waals surface area contributed by atoms with Gasteiger partial charge in [0.25, 0.3) is 12.0 Å². The van der Waals surface area contributed by atoms with Crippen molar-refractivity contribution in [2.45, 2.75) is 6.42 Å². The van der Waals surface area contributed by atoms with Crippen molar-refractivity contribution in [1.82, 2.24) is 5.32 Å². The molecular formula is C10H13N4+. The SMILES string of the molecule is C=CC[N+](CC=C)=C(CC#N)NC#N. The highest BCUT2D eigenvalue weighted by Crippen LogP contribution is 1.86. The summed E-state index contributed by atoms with van der Waals surface area (Å²) in [5.41, 5.74) is 0. The second-order valence-corrected chi connectivity index (χ2v) is 2.50. The minimum atomic E-state index is 0.176. The van der Waals surface area contributed by atoms with E-state index in [1.807, 2.05) is 10.6 Å². The first-order valence-electron chi connectivity index (χ1n) is 4.14. The Balaban J connectivity index is 4.83. The third-order valence-corrected chi connectivity index (χ3v) is 1.53. The summed E-state index contributed by atoms with van der Waals surface area (Å²) in [5, 5.41) is 19.5.